The first-order valence-electron chi connectivity index (χ1n) is 2.41. The summed E-state index contributed by atoms with van der Waals surface area (Å²) in [5.74, 6) is 0. The fourth-order valence-electron chi connectivity index (χ4n) is 0.493. The highest BCUT2D eigenvalue weighted by Gasteiger charge is 2.25. The summed E-state index contributed by atoms with van der Waals surface area (Å²) in [6.07, 6.45) is 5.24. The lowest BCUT2D eigenvalue weighted by atomic mass is 10.3. The normalized spacial score (nSPS) is 33.3. The van der Waals surface area contributed by atoms with E-state index in [1.165, 1.54) is 0 Å². The quantitative estimate of drug-likeness (QED) is 0.465. The van der Waals surface area contributed by atoms with Gasteiger partial charge in [0.15, 0.2) is 0 Å². The lowest BCUT2D eigenvalue weighted by Gasteiger charge is -2.22. The number of dihydropyridines is 1. The van der Waals surface area contributed by atoms with Crippen molar-refractivity contribution in [3.63, 3.8) is 0 Å². The van der Waals surface area contributed by atoms with E-state index in [1.54, 1.807) is 18.4 Å². The molecule has 0 spiro atoms. The van der Waals surface area contributed by atoms with Crippen molar-refractivity contribution in [3.05, 3.63) is 24.0 Å². The third-order valence-electron chi connectivity index (χ3n) is 0.999. The number of allylic oxidation sites excluding steroid dienone is 2. The van der Waals surface area contributed by atoms with Gasteiger partial charge in [0.05, 0.1) is 5.70 Å². The molecule has 9 heavy (non-hydrogen) atoms. The van der Waals surface area contributed by atoms with Gasteiger partial charge in [0, 0.05) is 0 Å². The monoisotopic (exact) mass is 208 g/mol. The number of rotatable bonds is 0. The molecule has 2 nitrogen and oxygen atoms in total. The fourth-order valence-corrected chi connectivity index (χ4v) is 0.883. The van der Waals surface area contributed by atoms with Crippen LogP contribution in [-0.4, -0.2) is 3.91 Å². The van der Waals surface area contributed by atoms with Crippen LogP contribution in [0.15, 0.2) is 24.0 Å². The maximum atomic E-state index is 5.78. The van der Waals surface area contributed by atoms with E-state index >= 15 is 0 Å². The topological polar surface area (TPSA) is 38.0 Å². The predicted octanol–water partition coefficient (Wildman–Crippen LogP) is 1.23. The van der Waals surface area contributed by atoms with Gasteiger partial charge >= 0.3 is 0 Å². The summed E-state index contributed by atoms with van der Waals surface area (Å²) in [6, 6.07) is 0. The van der Waals surface area contributed by atoms with Crippen LogP contribution in [0.4, 0.5) is 0 Å². The Morgan fingerprint density at radius 2 is 2.44 bits per heavy atom. The molecule has 0 aromatic rings. The predicted molar refractivity (Wildman–Crippen MR) is 42.1 cm³/mol. The molecule has 0 amide bonds. The van der Waals surface area contributed by atoms with Gasteiger partial charge in [0.25, 0.3) is 0 Å². The summed E-state index contributed by atoms with van der Waals surface area (Å²) in [4.78, 5) is 0. The third kappa shape index (κ3) is 1.40. The number of alkyl halides is 2. The standard InChI is InChI=1S/C5H6BrClN2/c6-5(7)4(8)2-1-3-9-5/h1-3,9H,8H2. The molecule has 0 saturated carbocycles. The van der Waals surface area contributed by atoms with Gasteiger partial charge in [-0.2, -0.15) is 0 Å². The Kier molecular flexibility index (Phi) is 1.73. The number of halogens is 2. The molecule has 3 N–H and O–H groups in total. The Morgan fingerprint density at radius 3 is 2.78 bits per heavy atom. The van der Waals surface area contributed by atoms with Crippen molar-refractivity contribution in [2.75, 3.05) is 0 Å². The van der Waals surface area contributed by atoms with Crippen molar-refractivity contribution in [2.24, 2.45) is 5.73 Å². The van der Waals surface area contributed by atoms with Crippen molar-refractivity contribution in [3.8, 4) is 0 Å². The fraction of sp³-hybridized carbons (Fsp3) is 0.200. The molecule has 0 aromatic heterocycles. The first kappa shape index (κ1) is 6.96. The number of hydrogen-bond acceptors (Lipinski definition) is 2. The van der Waals surface area contributed by atoms with Crippen LogP contribution in [0.5, 0.6) is 0 Å². The van der Waals surface area contributed by atoms with Crippen LogP contribution in [0.3, 0.4) is 0 Å². The van der Waals surface area contributed by atoms with Gasteiger partial charge in [0.1, 0.15) is 0 Å². The minimum Gasteiger partial charge on any atom is -0.398 e. The Hall–Kier alpha value is -0.150. The Balaban J connectivity index is 2.83. The van der Waals surface area contributed by atoms with Crippen molar-refractivity contribution >= 4 is 27.5 Å². The molecule has 0 bridgehead atoms. The zero-order chi connectivity index (χ0) is 6.91. The van der Waals surface area contributed by atoms with Crippen LogP contribution in [0.1, 0.15) is 0 Å². The van der Waals surface area contributed by atoms with Gasteiger partial charge in [-0.3, -0.25) is 0 Å². The molecule has 1 rings (SSSR count). The van der Waals surface area contributed by atoms with Crippen LogP contribution < -0.4 is 11.1 Å². The van der Waals surface area contributed by atoms with Crippen molar-refractivity contribution in [2.45, 2.75) is 3.91 Å². The second-order valence-electron chi connectivity index (χ2n) is 1.70. The molecular formula is C5H6BrClN2. The molecule has 1 unspecified atom stereocenters. The third-order valence-corrected chi connectivity index (χ3v) is 2.01. The lowest BCUT2D eigenvalue weighted by Crippen LogP contribution is -2.36. The van der Waals surface area contributed by atoms with Crippen LogP contribution >= 0.6 is 27.5 Å². The molecule has 0 saturated heterocycles. The van der Waals surface area contributed by atoms with E-state index in [9.17, 15) is 0 Å². The molecule has 0 aliphatic carbocycles. The molecule has 50 valence electrons. The van der Waals surface area contributed by atoms with Crippen LogP contribution in [0, 0.1) is 0 Å². The van der Waals surface area contributed by atoms with E-state index in [2.05, 4.69) is 21.2 Å². The van der Waals surface area contributed by atoms with E-state index in [0.717, 1.165) is 0 Å². The lowest BCUT2D eigenvalue weighted by molar-refractivity contribution is 0.799. The molecule has 1 atom stereocenters. The van der Waals surface area contributed by atoms with Gasteiger partial charge in [0.2, 0.25) is 3.91 Å². The van der Waals surface area contributed by atoms with Crippen LogP contribution in [0.2, 0.25) is 0 Å². The van der Waals surface area contributed by atoms with Gasteiger partial charge in [-0.25, -0.2) is 0 Å². The molecule has 1 aliphatic heterocycles. The molecule has 1 heterocycles. The average Bonchev–Trinajstić information content (AvgIpc) is 1.77. The minimum atomic E-state index is -0.776. The largest absolute Gasteiger partial charge is 0.398 e. The molecule has 4 heteroatoms. The van der Waals surface area contributed by atoms with Gasteiger partial charge < -0.3 is 11.1 Å². The zero-order valence-electron chi connectivity index (χ0n) is 4.57. The molecule has 0 fully saturated rings. The highest BCUT2D eigenvalue weighted by atomic mass is 79.9. The Bertz CT molecular complexity index is 174. The number of nitrogens with two attached hydrogens (primary N) is 1. The van der Waals surface area contributed by atoms with Gasteiger partial charge in [-0.1, -0.05) is 11.6 Å². The molecule has 1 aliphatic rings. The van der Waals surface area contributed by atoms with E-state index in [0.29, 0.717) is 5.70 Å². The maximum Gasteiger partial charge on any atom is 0.208 e. The summed E-state index contributed by atoms with van der Waals surface area (Å²) in [6.45, 7) is 0. The van der Waals surface area contributed by atoms with E-state index in [-0.39, 0.29) is 0 Å². The van der Waals surface area contributed by atoms with Crippen molar-refractivity contribution in [1.29, 1.82) is 0 Å². The summed E-state index contributed by atoms with van der Waals surface area (Å²) < 4.78 is -0.776. The van der Waals surface area contributed by atoms with Crippen LogP contribution in [0.25, 0.3) is 0 Å². The first-order valence-corrected chi connectivity index (χ1v) is 3.58. The first-order chi connectivity index (χ1) is 4.13. The molecule has 0 radical (unpaired) electrons. The summed E-state index contributed by atoms with van der Waals surface area (Å²) >= 11 is 8.95. The van der Waals surface area contributed by atoms with E-state index in [1.807, 2.05) is 0 Å². The second-order valence-corrected chi connectivity index (χ2v) is 3.91. The molecule has 0 aromatic carbocycles. The SMILES string of the molecule is NC1=CC=CNC1(Cl)Br. The summed E-state index contributed by atoms with van der Waals surface area (Å²) in [5, 5.41) is 2.82. The Morgan fingerprint density at radius 1 is 1.78 bits per heavy atom. The minimum absolute atomic E-state index is 0.562. The summed E-state index contributed by atoms with van der Waals surface area (Å²) in [5.41, 5.74) is 6.04. The Labute approximate surface area is 66.9 Å². The van der Waals surface area contributed by atoms with Crippen molar-refractivity contribution < 1.29 is 0 Å². The molecular weight excluding hydrogens is 203 g/mol. The smallest absolute Gasteiger partial charge is 0.208 e. The zero-order valence-corrected chi connectivity index (χ0v) is 6.91. The van der Waals surface area contributed by atoms with Crippen molar-refractivity contribution in [1.82, 2.24) is 5.32 Å². The van der Waals surface area contributed by atoms with Gasteiger partial charge in [-0.15, -0.1) is 0 Å². The maximum absolute atomic E-state index is 5.78. The number of hydrogen-bond donors (Lipinski definition) is 2. The summed E-state index contributed by atoms with van der Waals surface area (Å²) in [7, 11) is 0. The highest BCUT2D eigenvalue weighted by molar-refractivity contribution is 9.10. The average molecular weight is 209 g/mol. The van der Waals surface area contributed by atoms with Crippen LogP contribution in [-0.2, 0) is 0 Å². The number of nitrogens with one attached hydrogen (secondary N) is 1. The van der Waals surface area contributed by atoms with E-state index < -0.39 is 3.91 Å². The highest BCUT2D eigenvalue weighted by Crippen LogP contribution is 2.27. The second kappa shape index (κ2) is 2.23. The van der Waals surface area contributed by atoms with Gasteiger partial charge in [-0.05, 0) is 34.3 Å². The van der Waals surface area contributed by atoms with E-state index in [4.69, 9.17) is 17.3 Å².